The molecule has 0 heterocycles. The fraction of sp³-hybridized carbons (Fsp3) is 0.240. The molecule has 0 aliphatic heterocycles. The first-order chi connectivity index (χ1) is 15.2. The van der Waals surface area contributed by atoms with E-state index < -0.39 is 6.10 Å². The van der Waals surface area contributed by atoms with E-state index in [1.807, 2.05) is 49.4 Å². The van der Waals surface area contributed by atoms with Gasteiger partial charge in [-0.1, -0.05) is 45.8 Å². The number of hydrogen-bond acceptors (Lipinski definition) is 5. The largest absolute Gasteiger partial charge is 0.399 e. The van der Waals surface area contributed by atoms with E-state index in [-0.39, 0.29) is 0 Å². The number of nitrogens with one attached hydrogen (secondary N) is 1. The third-order valence-electron chi connectivity index (χ3n) is 5.58. The van der Waals surface area contributed by atoms with Gasteiger partial charge in [-0.05, 0) is 82.2 Å². The second-order valence-electron chi connectivity index (χ2n) is 8.09. The Hall–Kier alpha value is -2.29. The summed E-state index contributed by atoms with van der Waals surface area (Å²) < 4.78 is 4.11. The first kappa shape index (κ1) is 24.4. The molecule has 0 aromatic heterocycles. The van der Waals surface area contributed by atoms with E-state index in [2.05, 4.69) is 52.4 Å². The molecule has 4 N–H and O–H groups in total. The van der Waals surface area contributed by atoms with Gasteiger partial charge >= 0.3 is 0 Å². The predicted octanol–water partition coefficient (Wildman–Crippen LogP) is 5.26. The average Bonchev–Trinajstić information content (AvgIpc) is 2.79. The number of nitrogens with two attached hydrogens (primary N) is 1. The van der Waals surface area contributed by atoms with Crippen LogP contribution in [0.5, 0.6) is 0 Å². The number of hydrogen-bond donors (Lipinski definition) is 3. The van der Waals surface area contributed by atoms with Crippen molar-refractivity contribution in [1.82, 2.24) is 4.67 Å². The molecule has 0 aliphatic rings. The SMILES string of the molecule is CC(=N)c1ccc(N(P)c2ccc(CCN(P)C[C@H](O)c3ccc(C)c(N)c3)cc2)cc1. The molecule has 168 valence electrons. The highest BCUT2D eigenvalue weighted by Gasteiger charge is 2.12. The molecule has 0 spiro atoms. The molecule has 0 aliphatic carbocycles. The molecule has 3 aromatic rings. The third-order valence-corrected chi connectivity index (χ3v) is 6.64. The van der Waals surface area contributed by atoms with Crippen LogP contribution < -0.4 is 10.4 Å². The molecule has 0 bridgehead atoms. The Labute approximate surface area is 195 Å². The van der Waals surface area contributed by atoms with Gasteiger partial charge in [0.25, 0.3) is 0 Å². The van der Waals surface area contributed by atoms with Gasteiger partial charge in [-0.2, -0.15) is 0 Å². The Balaban J connectivity index is 1.53. The van der Waals surface area contributed by atoms with Gasteiger partial charge in [-0.3, -0.25) is 4.67 Å². The van der Waals surface area contributed by atoms with E-state index in [1.54, 1.807) is 6.92 Å². The van der Waals surface area contributed by atoms with Crippen molar-refractivity contribution in [2.45, 2.75) is 26.4 Å². The van der Waals surface area contributed by atoms with Crippen LogP contribution in [-0.4, -0.2) is 28.6 Å². The molecule has 3 aromatic carbocycles. The van der Waals surface area contributed by atoms with Crippen molar-refractivity contribution < 1.29 is 5.11 Å². The maximum Gasteiger partial charge on any atom is 0.0920 e. The Morgan fingerprint density at radius 3 is 2.16 bits per heavy atom. The first-order valence-corrected chi connectivity index (χ1v) is 11.6. The summed E-state index contributed by atoms with van der Waals surface area (Å²) in [5, 5.41) is 18.3. The average molecular weight is 467 g/mol. The zero-order valence-electron chi connectivity index (χ0n) is 18.6. The van der Waals surface area contributed by atoms with E-state index in [0.717, 1.165) is 41.0 Å². The lowest BCUT2D eigenvalue weighted by Gasteiger charge is -2.22. The Bertz CT molecular complexity index is 1050. The number of anilines is 3. The van der Waals surface area contributed by atoms with E-state index in [9.17, 15) is 5.11 Å². The van der Waals surface area contributed by atoms with Crippen LogP contribution >= 0.6 is 18.8 Å². The van der Waals surface area contributed by atoms with Crippen molar-refractivity contribution in [2.75, 3.05) is 23.5 Å². The molecule has 0 saturated heterocycles. The van der Waals surface area contributed by atoms with Gasteiger partial charge in [0.05, 0.1) is 6.10 Å². The zero-order chi connectivity index (χ0) is 23.3. The fourth-order valence-electron chi connectivity index (χ4n) is 3.40. The van der Waals surface area contributed by atoms with Crippen LogP contribution in [0.4, 0.5) is 17.1 Å². The molecule has 7 heteroatoms. The molecule has 0 fully saturated rings. The normalized spacial score (nSPS) is 12.1. The molecule has 3 rings (SSSR count). The number of rotatable bonds is 9. The summed E-state index contributed by atoms with van der Waals surface area (Å²) in [6.45, 7) is 5.10. The van der Waals surface area contributed by atoms with Crippen molar-refractivity contribution in [3.63, 3.8) is 0 Å². The molecule has 0 radical (unpaired) electrons. The minimum absolute atomic E-state index is 0.524. The number of aliphatic hydroxyl groups excluding tert-OH is 1. The van der Waals surface area contributed by atoms with Crippen LogP contribution in [0.2, 0.25) is 0 Å². The molecular formula is C25H32N4OP2. The smallest absolute Gasteiger partial charge is 0.0920 e. The second kappa shape index (κ2) is 11.0. The summed E-state index contributed by atoms with van der Waals surface area (Å²) in [6, 6.07) is 22.2. The summed E-state index contributed by atoms with van der Waals surface area (Å²) >= 11 is 0. The van der Waals surface area contributed by atoms with E-state index in [1.165, 1.54) is 5.56 Å². The minimum Gasteiger partial charge on any atom is -0.399 e. The zero-order valence-corrected chi connectivity index (χ0v) is 20.9. The Morgan fingerprint density at radius 2 is 1.59 bits per heavy atom. The summed E-state index contributed by atoms with van der Waals surface area (Å²) in [5.74, 6) is 0. The van der Waals surface area contributed by atoms with Gasteiger partial charge in [-0.25, -0.2) is 0 Å². The Kier molecular flexibility index (Phi) is 8.39. The lowest BCUT2D eigenvalue weighted by molar-refractivity contribution is 0.152. The van der Waals surface area contributed by atoms with Gasteiger partial charge in [0.15, 0.2) is 0 Å². The molecule has 32 heavy (non-hydrogen) atoms. The van der Waals surface area contributed by atoms with Gasteiger partial charge in [0, 0.05) is 35.9 Å². The van der Waals surface area contributed by atoms with Crippen LogP contribution in [0.1, 0.15) is 35.3 Å². The number of benzene rings is 3. The number of nitrogens with zero attached hydrogens (tertiary/aromatic N) is 2. The standard InChI is InChI=1S/C25H32N4OP2/c1-17-3-6-21(15-24(17)27)25(30)16-28(31)14-13-19-4-9-22(10-5-19)29(32)23-11-7-20(8-12-23)18(2)26/h3-12,15,25-26,30H,13-14,16,27,31-32H2,1-2H3/t25-/m0/s1. The summed E-state index contributed by atoms with van der Waals surface area (Å²) in [5.41, 5.74) is 13.4. The third kappa shape index (κ3) is 6.37. The quantitative estimate of drug-likeness (QED) is 0.228. The van der Waals surface area contributed by atoms with Gasteiger partial charge in [-0.15, -0.1) is 0 Å². The van der Waals surface area contributed by atoms with E-state index in [0.29, 0.717) is 17.9 Å². The van der Waals surface area contributed by atoms with Gasteiger partial charge in [0.1, 0.15) is 0 Å². The molecule has 0 amide bonds. The fourth-order valence-corrected chi connectivity index (χ4v) is 4.08. The van der Waals surface area contributed by atoms with Crippen molar-refractivity contribution in [3.8, 4) is 0 Å². The highest BCUT2D eigenvalue weighted by atomic mass is 31.0. The molecule has 5 nitrogen and oxygen atoms in total. The summed E-state index contributed by atoms with van der Waals surface area (Å²) in [7, 11) is 5.46. The minimum atomic E-state index is -0.578. The molecule has 2 unspecified atom stereocenters. The summed E-state index contributed by atoms with van der Waals surface area (Å²) in [4.78, 5) is 0. The second-order valence-corrected chi connectivity index (χ2v) is 9.33. The molecular weight excluding hydrogens is 434 g/mol. The van der Waals surface area contributed by atoms with Crippen molar-refractivity contribution in [2.24, 2.45) is 0 Å². The maximum absolute atomic E-state index is 10.5. The van der Waals surface area contributed by atoms with Crippen LogP contribution in [-0.2, 0) is 6.42 Å². The number of aliphatic hydroxyl groups is 1. The van der Waals surface area contributed by atoms with E-state index in [4.69, 9.17) is 11.1 Å². The maximum atomic E-state index is 10.5. The van der Waals surface area contributed by atoms with Crippen molar-refractivity contribution >= 4 is 41.6 Å². The molecule has 0 saturated carbocycles. The lowest BCUT2D eigenvalue weighted by atomic mass is 10.1. The Morgan fingerprint density at radius 1 is 1.00 bits per heavy atom. The number of nitrogen functional groups attached to an aromatic ring is 1. The number of aryl methyl sites for hydroxylation is 1. The summed E-state index contributed by atoms with van der Waals surface area (Å²) in [6.07, 6.45) is 0.308. The van der Waals surface area contributed by atoms with Crippen LogP contribution in [0.25, 0.3) is 0 Å². The highest BCUT2D eigenvalue weighted by Crippen LogP contribution is 2.30. The van der Waals surface area contributed by atoms with Gasteiger partial charge < -0.3 is 20.9 Å². The lowest BCUT2D eigenvalue weighted by Crippen LogP contribution is -2.21. The topological polar surface area (TPSA) is 76.6 Å². The predicted molar refractivity (Wildman–Crippen MR) is 143 cm³/mol. The van der Waals surface area contributed by atoms with Crippen LogP contribution in [0.3, 0.4) is 0 Å². The van der Waals surface area contributed by atoms with Gasteiger partial charge in [0.2, 0.25) is 0 Å². The highest BCUT2D eigenvalue weighted by molar-refractivity contribution is 7.19. The van der Waals surface area contributed by atoms with Crippen molar-refractivity contribution in [1.29, 1.82) is 5.41 Å². The molecule has 3 atom stereocenters. The van der Waals surface area contributed by atoms with E-state index >= 15 is 0 Å². The van der Waals surface area contributed by atoms with Crippen LogP contribution in [0.15, 0.2) is 66.7 Å². The monoisotopic (exact) mass is 466 g/mol. The van der Waals surface area contributed by atoms with Crippen LogP contribution in [0, 0.1) is 12.3 Å². The first-order valence-electron chi connectivity index (χ1n) is 10.6. The van der Waals surface area contributed by atoms with Crippen molar-refractivity contribution in [3.05, 3.63) is 89.0 Å².